The number of anilines is 1. The van der Waals surface area contributed by atoms with Crippen molar-refractivity contribution in [1.82, 2.24) is 15.2 Å². The van der Waals surface area contributed by atoms with Crippen molar-refractivity contribution in [3.05, 3.63) is 23.5 Å². The van der Waals surface area contributed by atoms with Crippen LogP contribution in [0.3, 0.4) is 0 Å². The molecule has 4 rings (SSSR count). The van der Waals surface area contributed by atoms with Crippen molar-refractivity contribution < 1.29 is 13.6 Å². The van der Waals surface area contributed by atoms with Crippen molar-refractivity contribution >= 4 is 23.0 Å². The van der Waals surface area contributed by atoms with E-state index in [0.29, 0.717) is 17.7 Å². The maximum Gasteiger partial charge on any atom is 0.293 e. The lowest BCUT2D eigenvalue weighted by molar-refractivity contribution is 0.0462. The Morgan fingerprint density at radius 2 is 2.08 bits per heavy atom. The van der Waals surface area contributed by atoms with E-state index in [1.807, 2.05) is 0 Å². The van der Waals surface area contributed by atoms with Gasteiger partial charge in [-0.05, 0) is 44.9 Å². The largest absolute Gasteiger partial charge is 0.424 e. The van der Waals surface area contributed by atoms with Gasteiger partial charge in [0.15, 0.2) is 5.58 Å². The molecule has 2 aliphatic rings. The van der Waals surface area contributed by atoms with E-state index in [0.717, 1.165) is 25.7 Å². The summed E-state index contributed by atoms with van der Waals surface area (Å²) < 4.78 is 19.4. The molecule has 0 aliphatic carbocycles. The van der Waals surface area contributed by atoms with Gasteiger partial charge in [-0.2, -0.15) is 4.98 Å². The summed E-state index contributed by atoms with van der Waals surface area (Å²) in [5.41, 5.74) is 5.95. The fourth-order valence-corrected chi connectivity index (χ4v) is 4.19. The number of amides is 1. The molecule has 2 saturated heterocycles. The smallest absolute Gasteiger partial charge is 0.293 e. The van der Waals surface area contributed by atoms with E-state index in [9.17, 15) is 9.18 Å². The first-order valence-electron chi connectivity index (χ1n) is 8.40. The molecule has 2 unspecified atom stereocenters. The van der Waals surface area contributed by atoms with Crippen molar-refractivity contribution in [2.45, 2.75) is 50.2 Å². The molecule has 1 amide bonds. The van der Waals surface area contributed by atoms with Crippen LogP contribution in [0.5, 0.6) is 0 Å². The van der Waals surface area contributed by atoms with Crippen LogP contribution in [0.2, 0.25) is 0 Å². The van der Waals surface area contributed by atoms with Gasteiger partial charge in [-0.1, -0.05) is 6.42 Å². The highest BCUT2D eigenvalue weighted by atomic mass is 19.1. The summed E-state index contributed by atoms with van der Waals surface area (Å²) in [6.45, 7) is 0. The third kappa shape index (κ3) is 2.53. The van der Waals surface area contributed by atoms with E-state index in [-0.39, 0.29) is 23.1 Å². The zero-order valence-electron chi connectivity index (χ0n) is 13.6. The van der Waals surface area contributed by atoms with Crippen molar-refractivity contribution in [1.29, 1.82) is 0 Å². The Bertz CT molecular complexity index is 776. The Labute approximate surface area is 139 Å². The molecule has 128 valence electrons. The molecular weight excluding hydrogens is 311 g/mol. The number of hydrogen-bond acceptors (Lipinski definition) is 5. The standard InChI is InChI=1S/C17H21FN4O2/c1-22-10-3-2-4-11(22)8-9(7-10)20-16(23)14-12(18)5-6-13-15(14)21-17(19)24-13/h5-6,9-11H,2-4,7-8H2,1H3,(H2,19,21)(H,20,23). The molecular formula is C17H21FN4O2. The van der Waals surface area contributed by atoms with Crippen LogP contribution in [0.4, 0.5) is 10.4 Å². The van der Waals surface area contributed by atoms with E-state index in [1.165, 1.54) is 18.6 Å². The molecule has 7 heteroatoms. The van der Waals surface area contributed by atoms with E-state index in [4.69, 9.17) is 10.2 Å². The minimum atomic E-state index is -0.610. The zero-order valence-corrected chi connectivity index (χ0v) is 13.6. The second kappa shape index (κ2) is 5.73. The highest BCUT2D eigenvalue weighted by Gasteiger charge is 2.37. The van der Waals surface area contributed by atoms with E-state index in [2.05, 4.69) is 22.2 Å². The summed E-state index contributed by atoms with van der Waals surface area (Å²) in [7, 11) is 2.16. The Hall–Kier alpha value is -2.15. The number of halogens is 1. The summed E-state index contributed by atoms with van der Waals surface area (Å²) in [5, 5.41) is 3.00. The maximum atomic E-state index is 14.2. The Morgan fingerprint density at radius 3 is 2.79 bits per heavy atom. The number of oxazole rings is 1. The number of hydrogen-bond donors (Lipinski definition) is 2. The highest BCUT2D eigenvalue weighted by Crippen LogP contribution is 2.33. The first-order chi connectivity index (χ1) is 11.5. The normalized spacial score (nSPS) is 27.3. The molecule has 2 fully saturated rings. The minimum absolute atomic E-state index is 0.0582. The number of carbonyl (C=O) groups excluding carboxylic acids is 1. The van der Waals surface area contributed by atoms with Crippen molar-refractivity contribution in [3.8, 4) is 0 Å². The van der Waals surface area contributed by atoms with Crippen LogP contribution < -0.4 is 11.1 Å². The van der Waals surface area contributed by atoms with Crippen LogP contribution >= 0.6 is 0 Å². The van der Waals surface area contributed by atoms with E-state index >= 15 is 0 Å². The molecule has 0 saturated carbocycles. The van der Waals surface area contributed by atoms with Gasteiger partial charge < -0.3 is 20.4 Å². The van der Waals surface area contributed by atoms with Crippen LogP contribution in [-0.2, 0) is 0 Å². The molecule has 6 nitrogen and oxygen atoms in total. The number of nitrogen functional groups attached to an aromatic ring is 1. The Morgan fingerprint density at radius 1 is 1.38 bits per heavy atom. The lowest BCUT2D eigenvalue weighted by Crippen LogP contribution is -2.55. The molecule has 0 spiro atoms. The molecule has 24 heavy (non-hydrogen) atoms. The summed E-state index contributed by atoms with van der Waals surface area (Å²) in [6, 6.07) is 3.62. The van der Waals surface area contributed by atoms with Crippen LogP contribution in [-0.4, -0.2) is 41.0 Å². The monoisotopic (exact) mass is 332 g/mol. The van der Waals surface area contributed by atoms with Gasteiger partial charge in [-0.25, -0.2) is 4.39 Å². The molecule has 2 aromatic rings. The first kappa shape index (κ1) is 15.4. The van der Waals surface area contributed by atoms with Gasteiger partial charge in [0.25, 0.3) is 11.9 Å². The fourth-order valence-electron chi connectivity index (χ4n) is 4.19. The number of aromatic nitrogens is 1. The zero-order chi connectivity index (χ0) is 16.8. The van der Waals surface area contributed by atoms with Crippen molar-refractivity contribution in [3.63, 3.8) is 0 Å². The molecule has 3 heterocycles. The third-order valence-electron chi connectivity index (χ3n) is 5.43. The molecule has 1 aromatic heterocycles. The molecule has 0 radical (unpaired) electrons. The number of carbonyl (C=O) groups is 1. The molecule has 2 aliphatic heterocycles. The topological polar surface area (TPSA) is 84.4 Å². The van der Waals surface area contributed by atoms with Gasteiger partial charge in [0, 0.05) is 18.1 Å². The SMILES string of the molecule is CN1C2CCCC1CC(NC(=O)c1c(F)ccc3oc(N)nc13)C2. The third-order valence-corrected chi connectivity index (χ3v) is 5.43. The van der Waals surface area contributed by atoms with Crippen LogP contribution in [0.25, 0.3) is 11.1 Å². The Kier molecular flexibility index (Phi) is 3.68. The second-order valence-electron chi connectivity index (χ2n) is 6.87. The average Bonchev–Trinajstić information content (AvgIpc) is 2.88. The van der Waals surface area contributed by atoms with Gasteiger partial charge >= 0.3 is 0 Å². The molecule has 2 bridgehead atoms. The summed E-state index contributed by atoms with van der Waals surface area (Å²) in [5.74, 6) is -1.06. The van der Waals surface area contributed by atoms with E-state index < -0.39 is 11.7 Å². The van der Waals surface area contributed by atoms with Gasteiger partial charge in [0.05, 0.1) is 0 Å². The van der Waals surface area contributed by atoms with Crippen LogP contribution in [0.1, 0.15) is 42.5 Å². The first-order valence-corrected chi connectivity index (χ1v) is 8.40. The lowest BCUT2D eigenvalue weighted by atomic mass is 9.82. The predicted molar refractivity (Wildman–Crippen MR) is 88.1 cm³/mol. The Balaban J connectivity index is 1.58. The van der Waals surface area contributed by atoms with Gasteiger partial charge in [-0.15, -0.1) is 0 Å². The summed E-state index contributed by atoms with van der Waals surface area (Å²) >= 11 is 0. The van der Waals surface area contributed by atoms with Crippen LogP contribution in [0, 0.1) is 5.82 Å². The number of fused-ring (bicyclic) bond motifs is 3. The average molecular weight is 332 g/mol. The maximum absolute atomic E-state index is 14.2. The minimum Gasteiger partial charge on any atom is -0.424 e. The number of nitrogens with one attached hydrogen (secondary N) is 1. The van der Waals surface area contributed by atoms with Crippen molar-refractivity contribution in [2.24, 2.45) is 0 Å². The predicted octanol–water partition coefficient (Wildman–Crippen LogP) is 2.29. The summed E-state index contributed by atoms with van der Waals surface area (Å²) in [4.78, 5) is 19.1. The summed E-state index contributed by atoms with van der Waals surface area (Å²) in [6.07, 6.45) is 5.35. The number of nitrogens with zero attached hydrogens (tertiary/aromatic N) is 2. The molecule has 2 atom stereocenters. The number of piperidine rings is 2. The quantitative estimate of drug-likeness (QED) is 0.881. The van der Waals surface area contributed by atoms with Gasteiger partial charge in [0.2, 0.25) is 0 Å². The van der Waals surface area contributed by atoms with Crippen LogP contribution in [0.15, 0.2) is 16.5 Å². The molecule has 3 N–H and O–H groups in total. The lowest BCUT2D eigenvalue weighted by Gasteiger charge is -2.47. The molecule has 1 aromatic carbocycles. The number of nitrogens with two attached hydrogens (primary N) is 1. The second-order valence-corrected chi connectivity index (χ2v) is 6.87. The van der Waals surface area contributed by atoms with Crippen molar-refractivity contribution in [2.75, 3.05) is 12.8 Å². The number of benzene rings is 1. The highest BCUT2D eigenvalue weighted by molar-refractivity contribution is 6.05. The number of rotatable bonds is 2. The van der Waals surface area contributed by atoms with Gasteiger partial charge in [-0.3, -0.25) is 4.79 Å². The fraction of sp³-hybridized carbons (Fsp3) is 0.529. The van der Waals surface area contributed by atoms with E-state index in [1.54, 1.807) is 0 Å². The van der Waals surface area contributed by atoms with Gasteiger partial charge in [0.1, 0.15) is 16.9 Å².